The fraction of sp³-hybridized carbons (Fsp3) is 0.125. The van der Waals surface area contributed by atoms with Gasteiger partial charge in [0.15, 0.2) is 9.77 Å². The molecule has 7 heteroatoms. The Morgan fingerprint density at radius 2 is 2.53 bits per heavy atom. The number of thiazole rings is 1. The smallest absolute Gasteiger partial charge is 0.209 e. The van der Waals surface area contributed by atoms with Crippen molar-refractivity contribution in [2.24, 2.45) is 4.99 Å². The molecule has 0 saturated carbocycles. The summed E-state index contributed by atoms with van der Waals surface area (Å²) in [7, 11) is 0. The number of nitrogens with zero attached hydrogens (tertiary/aromatic N) is 2. The lowest BCUT2D eigenvalue weighted by Gasteiger charge is -1.84. The van der Waals surface area contributed by atoms with E-state index >= 15 is 0 Å². The number of hydrogen-bond acceptors (Lipinski definition) is 6. The minimum atomic E-state index is 0.0222. The Hall–Kier alpha value is -1.47. The lowest BCUT2D eigenvalue weighted by Crippen LogP contribution is -1.74. The third kappa shape index (κ3) is 2.31. The lowest BCUT2D eigenvalue weighted by atomic mass is 10.5. The minimum Gasteiger partial charge on any atom is -0.494 e. The Bertz CT molecular complexity index is 552. The Labute approximate surface area is 94.1 Å². The van der Waals surface area contributed by atoms with Crippen LogP contribution >= 0.6 is 23.6 Å². The van der Waals surface area contributed by atoms with Gasteiger partial charge in [-0.2, -0.15) is 0 Å². The van der Waals surface area contributed by atoms with Crippen LogP contribution in [0.3, 0.4) is 0 Å². The number of nitrogens with one attached hydrogen (secondary N) is 1. The molecule has 0 spiro atoms. The van der Waals surface area contributed by atoms with Crippen molar-refractivity contribution < 1.29 is 9.63 Å². The average molecular weight is 241 g/mol. The highest BCUT2D eigenvalue weighted by Crippen LogP contribution is 2.20. The van der Waals surface area contributed by atoms with E-state index in [1.54, 1.807) is 13.0 Å². The topological polar surface area (TPSA) is 74.4 Å². The van der Waals surface area contributed by atoms with Crippen molar-refractivity contribution in [1.82, 2.24) is 10.1 Å². The second-order valence-electron chi connectivity index (χ2n) is 2.78. The molecule has 0 fully saturated rings. The van der Waals surface area contributed by atoms with Crippen molar-refractivity contribution in [3.8, 4) is 5.88 Å². The first kappa shape index (κ1) is 10.1. The molecule has 0 aliphatic rings. The fourth-order valence-electron chi connectivity index (χ4n) is 0.958. The summed E-state index contributed by atoms with van der Waals surface area (Å²) in [5, 5.41) is 13.0. The van der Waals surface area contributed by atoms with Crippen LogP contribution in [0.15, 0.2) is 15.6 Å². The van der Waals surface area contributed by atoms with E-state index in [1.165, 1.54) is 17.6 Å². The molecule has 2 aromatic heterocycles. The van der Waals surface area contributed by atoms with E-state index < -0.39 is 0 Å². The molecule has 2 aromatic rings. The summed E-state index contributed by atoms with van der Waals surface area (Å²) in [6.45, 7) is 1.78. The molecule has 0 bridgehead atoms. The highest BCUT2D eigenvalue weighted by molar-refractivity contribution is 7.73. The summed E-state index contributed by atoms with van der Waals surface area (Å²) in [6, 6.07) is 1.69. The Morgan fingerprint density at radius 3 is 3.07 bits per heavy atom. The number of rotatable bonds is 2. The molecule has 2 heterocycles. The van der Waals surface area contributed by atoms with E-state index in [0.717, 1.165) is 0 Å². The first-order valence-electron chi connectivity index (χ1n) is 4.04. The van der Waals surface area contributed by atoms with Crippen molar-refractivity contribution in [2.45, 2.75) is 6.92 Å². The van der Waals surface area contributed by atoms with Gasteiger partial charge >= 0.3 is 0 Å². The zero-order valence-electron chi connectivity index (χ0n) is 7.72. The quantitative estimate of drug-likeness (QED) is 0.626. The van der Waals surface area contributed by atoms with Crippen LogP contribution in [0.2, 0.25) is 0 Å². The molecule has 0 aliphatic carbocycles. The molecular formula is C8H7N3O2S2. The van der Waals surface area contributed by atoms with Gasteiger partial charge in [-0.05, 0) is 19.1 Å². The predicted octanol–water partition coefficient (Wildman–Crippen LogP) is 2.56. The zero-order valence-corrected chi connectivity index (χ0v) is 9.35. The van der Waals surface area contributed by atoms with E-state index in [2.05, 4.69) is 15.1 Å². The van der Waals surface area contributed by atoms with Crippen LogP contribution in [0.25, 0.3) is 0 Å². The summed E-state index contributed by atoms with van der Waals surface area (Å²) in [4.78, 5) is 7.20. The van der Waals surface area contributed by atoms with Gasteiger partial charge in [-0.1, -0.05) is 16.5 Å². The number of aromatic nitrogens is 2. The molecule has 5 nitrogen and oxygen atoms in total. The van der Waals surface area contributed by atoms with Crippen molar-refractivity contribution in [3.63, 3.8) is 0 Å². The number of aromatic amines is 1. The third-order valence-corrected chi connectivity index (χ3v) is 2.74. The second-order valence-corrected chi connectivity index (χ2v) is 4.50. The van der Waals surface area contributed by atoms with Gasteiger partial charge in [-0.25, -0.2) is 4.99 Å². The van der Waals surface area contributed by atoms with Gasteiger partial charge in [0, 0.05) is 6.07 Å². The molecule has 0 amide bonds. The van der Waals surface area contributed by atoms with E-state index in [4.69, 9.17) is 16.7 Å². The van der Waals surface area contributed by atoms with Crippen LogP contribution in [0.5, 0.6) is 5.88 Å². The zero-order chi connectivity index (χ0) is 10.8. The SMILES string of the molecule is Cc1cc(N=Cc2sc(=S)[nH]c2O)no1. The van der Waals surface area contributed by atoms with E-state index in [1.807, 2.05) is 0 Å². The first-order chi connectivity index (χ1) is 7.15. The Balaban J connectivity index is 2.25. The van der Waals surface area contributed by atoms with Gasteiger partial charge in [-0.15, -0.1) is 0 Å². The predicted molar refractivity (Wildman–Crippen MR) is 59.7 cm³/mol. The minimum absolute atomic E-state index is 0.0222. The van der Waals surface area contributed by atoms with Crippen LogP contribution in [0.4, 0.5) is 5.82 Å². The summed E-state index contributed by atoms with van der Waals surface area (Å²) in [6.07, 6.45) is 1.49. The maximum absolute atomic E-state index is 9.37. The number of hydrogen-bond donors (Lipinski definition) is 2. The van der Waals surface area contributed by atoms with E-state index in [9.17, 15) is 5.11 Å². The number of H-pyrrole nitrogens is 1. The summed E-state index contributed by atoms with van der Waals surface area (Å²) >= 11 is 6.10. The van der Waals surface area contributed by atoms with Crippen molar-refractivity contribution in [2.75, 3.05) is 0 Å². The summed E-state index contributed by atoms with van der Waals surface area (Å²) in [5.74, 6) is 1.17. The van der Waals surface area contributed by atoms with Gasteiger partial charge in [0.1, 0.15) is 10.6 Å². The lowest BCUT2D eigenvalue weighted by molar-refractivity contribution is 0.399. The standard InChI is InChI=1S/C8H7N3O2S2/c1-4-2-6(11-13-4)9-3-5-7(12)10-8(14)15-5/h2-3,12H,1H3,(H,10,14). The molecule has 0 radical (unpaired) electrons. The molecule has 2 N–H and O–H groups in total. The maximum atomic E-state index is 9.37. The molecule has 0 atom stereocenters. The van der Waals surface area contributed by atoms with Crippen LogP contribution in [-0.4, -0.2) is 21.5 Å². The Kier molecular flexibility index (Phi) is 2.65. The fourth-order valence-corrected chi connectivity index (χ4v) is 1.92. The number of aliphatic imine (C=N–C) groups is 1. The van der Waals surface area contributed by atoms with Crippen molar-refractivity contribution >= 4 is 35.6 Å². The largest absolute Gasteiger partial charge is 0.494 e. The normalized spacial score (nSPS) is 11.3. The molecule has 0 aromatic carbocycles. The molecule has 78 valence electrons. The molecule has 0 aliphatic heterocycles. The number of aromatic hydroxyl groups is 1. The molecule has 2 rings (SSSR count). The van der Waals surface area contributed by atoms with Crippen LogP contribution in [0, 0.1) is 10.9 Å². The van der Waals surface area contributed by atoms with E-state index in [0.29, 0.717) is 20.4 Å². The second kappa shape index (κ2) is 3.95. The molecular weight excluding hydrogens is 234 g/mol. The third-order valence-electron chi connectivity index (χ3n) is 1.59. The van der Waals surface area contributed by atoms with Crippen LogP contribution < -0.4 is 0 Å². The highest BCUT2D eigenvalue weighted by atomic mass is 32.1. The van der Waals surface area contributed by atoms with Crippen LogP contribution in [-0.2, 0) is 0 Å². The van der Waals surface area contributed by atoms with Crippen LogP contribution in [0.1, 0.15) is 10.6 Å². The highest BCUT2D eigenvalue weighted by Gasteiger charge is 2.02. The maximum Gasteiger partial charge on any atom is 0.209 e. The molecule has 0 saturated heterocycles. The van der Waals surface area contributed by atoms with Crippen molar-refractivity contribution in [3.05, 3.63) is 20.7 Å². The monoisotopic (exact) mass is 241 g/mol. The first-order valence-corrected chi connectivity index (χ1v) is 5.27. The van der Waals surface area contributed by atoms with E-state index in [-0.39, 0.29) is 5.88 Å². The summed E-state index contributed by atoms with van der Waals surface area (Å²) < 4.78 is 5.34. The van der Waals surface area contributed by atoms with Gasteiger partial charge in [0.2, 0.25) is 5.88 Å². The Morgan fingerprint density at radius 1 is 1.73 bits per heavy atom. The average Bonchev–Trinajstić information content (AvgIpc) is 2.70. The molecule has 0 unspecified atom stereocenters. The van der Waals surface area contributed by atoms with Gasteiger partial charge in [0.25, 0.3) is 0 Å². The van der Waals surface area contributed by atoms with Crippen molar-refractivity contribution in [1.29, 1.82) is 0 Å². The molecule has 15 heavy (non-hydrogen) atoms. The van der Waals surface area contributed by atoms with Gasteiger partial charge in [0.05, 0.1) is 6.21 Å². The summed E-state index contributed by atoms with van der Waals surface area (Å²) in [5.41, 5.74) is 0. The van der Waals surface area contributed by atoms with Gasteiger partial charge in [-0.3, -0.25) is 0 Å². The van der Waals surface area contributed by atoms with Gasteiger partial charge < -0.3 is 14.6 Å². The number of aryl methyl sites for hydroxylation is 1.